The molecule has 100 valence electrons. The van der Waals surface area contributed by atoms with Crippen molar-refractivity contribution >= 4 is 16.6 Å². The van der Waals surface area contributed by atoms with Gasteiger partial charge in [-0.25, -0.2) is 0 Å². The van der Waals surface area contributed by atoms with Crippen LogP contribution in [0.4, 0.5) is 5.69 Å². The third kappa shape index (κ3) is 1.94. The molecule has 0 radical (unpaired) electrons. The summed E-state index contributed by atoms with van der Waals surface area (Å²) in [5, 5.41) is 4.62. The molecule has 0 saturated carbocycles. The van der Waals surface area contributed by atoms with Crippen molar-refractivity contribution in [2.24, 2.45) is 0 Å². The molecular formula is C16H21N3. The van der Waals surface area contributed by atoms with E-state index in [1.807, 2.05) is 13.1 Å². The van der Waals surface area contributed by atoms with Crippen LogP contribution >= 0.6 is 0 Å². The second kappa shape index (κ2) is 4.74. The summed E-state index contributed by atoms with van der Waals surface area (Å²) in [6, 6.07) is 6.65. The molecule has 0 aliphatic carbocycles. The molecule has 2 heterocycles. The molecule has 3 nitrogen and oxygen atoms in total. The number of likely N-dealkylation sites (N-methyl/N-ethyl adjacent to an activating group) is 1. The molecule has 1 N–H and O–H groups in total. The summed E-state index contributed by atoms with van der Waals surface area (Å²) in [7, 11) is 4.17. The molecule has 3 heteroatoms. The van der Waals surface area contributed by atoms with Gasteiger partial charge in [0.2, 0.25) is 0 Å². The maximum Gasteiger partial charge on any atom is 0.0490 e. The lowest BCUT2D eigenvalue weighted by Crippen LogP contribution is -2.27. The molecule has 3 rings (SSSR count). The molecule has 1 aliphatic rings. The lowest BCUT2D eigenvalue weighted by Gasteiger charge is -2.24. The van der Waals surface area contributed by atoms with Crippen molar-refractivity contribution in [2.75, 3.05) is 26.0 Å². The zero-order valence-electron chi connectivity index (χ0n) is 11.7. The van der Waals surface area contributed by atoms with Gasteiger partial charge in [-0.1, -0.05) is 6.08 Å². The number of benzene rings is 1. The lowest BCUT2D eigenvalue weighted by molar-refractivity contribution is 0.310. The van der Waals surface area contributed by atoms with Gasteiger partial charge in [-0.3, -0.25) is 0 Å². The largest absolute Gasteiger partial charge is 0.388 e. The first kappa shape index (κ1) is 12.3. The Morgan fingerprint density at radius 3 is 3.00 bits per heavy atom. The summed E-state index contributed by atoms with van der Waals surface area (Å²) in [5.74, 6) is 0. The average Bonchev–Trinajstić information content (AvgIpc) is 2.73. The van der Waals surface area contributed by atoms with Crippen molar-refractivity contribution in [3.63, 3.8) is 0 Å². The molecule has 1 aliphatic heterocycles. The van der Waals surface area contributed by atoms with Crippen molar-refractivity contribution in [2.45, 2.75) is 19.5 Å². The first-order valence-electron chi connectivity index (χ1n) is 6.85. The fraction of sp³-hybridized carbons (Fsp3) is 0.375. The Bertz CT molecular complexity index is 624. The Morgan fingerprint density at radius 1 is 1.42 bits per heavy atom. The number of anilines is 1. The number of aromatic nitrogens is 1. The minimum atomic E-state index is 0.897. The van der Waals surface area contributed by atoms with Crippen molar-refractivity contribution in [3.05, 3.63) is 42.1 Å². The number of hydrogen-bond acceptors (Lipinski definition) is 2. The summed E-state index contributed by atoms with van der Waals surface area (Å²) >= 11 is 0. The predicted octanol–water partition coefficient (Wildman–Crippen LogP) is 2.86. The maximum atomic E-state index is 3.90. The van der Waals surface area contributed by atoms with Gasteiger partial charge in [0.15, 0.2) is 0 Å². The monoisotopic (exact) mass is 255 g/mol. The second-order valence-electron chi connectivity index (χ2n) is 5.29. The quantitative estimate of drug-likeness (QED) is 0.851. The maximum absolute atomic E-state index is 3.90. The van der Waals surface area contributed by atoms with Crippen LogP contribution in [0.1, 0.15) is 11.3 Å². The number of rotatable bonds is 3. The fourth-order valence-corrected chi connectivity index (χ4v) is 3.08. The third-order valence-corrected chi connectivity index (χ3v) is 4.05. The fourth-order valence-electron chi connectivity index (χ4n) is 3.08. The summed E-state index contributed by atoms with van der Waals surface area (Å²) in [5.41, 5.74) is 5.49. The summed E-state index contributed by atoms with van der Waals surface area (Å²) in [6.07, 6.45) is 3.12. The molecule has 0 amide bonds. The minimum absolute atomic E-state index is 0.897. The van der Waals surface area contributed by atoms with E-state index in [0.29, 0.717) is 0 Å². The topological polar surface area (TPSA) is 20.2 Å². The highest BCUT2D eigenvalue weighted by Crippen LogP contribution is 2.32. The van der Waals surface area contributed by atoms with Crippen LogP contribution in [0, 0.1) is 0 Å². The van der Waals surface area contributed by atoms with Crippen molar-refractivity contribution in [1.82, 2.24) is 9.47 Å². The normalized spacial score (nSPS) is 15.5. The van der Waals surface area contributed by atoms with Crippen LogP contribution < -0.4 is 5.32 Å². The SMILES string of the molecule is C=CCn1c2c(c3cc(NC)ccc31)CN(C)CC2. The number of nitrogens with zero attached hydrogens (tertiary/aromatic N) is 2. The number of nitrogens with one attached hydrogen (secondary N) is 1. The second-order valence-corrected chi connectivity index (χ2v) is 5.29. The molecule has 0 saturated heterocycles. The van der Waals surface area contributed by atoms with Crippen LogP contribution in [0.5, 0.6) is 0 Å². The highest BCUT2D eigenvalue weighted by atomic mass is 15.1. The average molecular weight is 255 g/mol. The number of allylic oxidation sites excluding steroid dienone is 1. The van der Waals surface area contributed by atoms with E-state index >= 15 is 0 Å². The Balaban J connectivity index is 2.26. The van der Waals surface area contributed by atoms with Gasteiger partial charge in [-0.2, -0.15) is 0 Å². The molecule has 0 atom stereocenters. The van der Waals surface area contributed by atoms with Gasteiger partial charge in [0.05, 0.1) is 0 Å². The first-order chi connectivity index (χ1) is 9.24. The lowest BCUT2D eigenvalue weighted by atomic mass is 10.0. The molecule has 2 aromatic rings. The molecular weight excluding hydrogens is 234 g/mol. The summed E-state index contributed by atoms with van der Waals surface area (Å²) < 4.78 is 2.42. The van der Waals surface area contributed by atoms with E-state index < -0.39 is 0 Å². The van der Waals surface area contributed by atoms with Crippen LogP contribution in [0.25, 0.3) is 10.9 Å². The highest BCUT2D eigenvalue weighted by Gasteiger charge is 2.21. The zero-order valence-corrected chi connectivity index (χ0v) is 11.7. The van der Waals surface area contributed by atoms with E-state index in [1.54, 1.807) is 0 Å². The zero-order chi connectivity index (χ0) is 13.4. The molecule has 0 spiro atoms. The first-order valence-corrected chi connectivity index (χ1v) is 6.85. The molecule has 0 unspecified atom stereocenters. The Kier molecular flexibility index (Phi) is 3.07. The molecule has 1 aromatic carbocycles. The van der Waals surface area contributed by atoms with E-state index in [0.717, 1.165) is 26.1 Å². The van der Waals surface area contributed by atoms with Gasteiger partial charge in [-0.05, 0) is 30.8 Å². The standard InChI is InChI=1S/C16H21N3/c1-4-8-19-15-6-5-12(17-2)10-13(15)14-11-18(3)9-7-16(14)19/h4-6,10,17H,1,7-9,11H2,2-3H3. The summed E-state index contributed by atoms with van der Waals surface area (Å²) in [4.78, 5) is 2.39. The Hall–Kier alpha value is -1.74. The van der Waals surface area contributed by atoms with Crippen LogP contribution in [0.2, 0.25) is 0 Å². The predicted molar refractivity (Wildman–Crippen MR) is 81.7 cm³/mol. The van der Waals surface area contributed by atoms with E-state index in [4.69, 9.17) is 0 Å². The van der Waals surface area contributed by atoms with Gasteiger partial charge >= 0.3 is 0 Å². The van der Waals surface area contributed by atoms with Gasteiger partial charge in [-0.15, -0.1) is 6.58 Å². The smallest absolute Gasteiger partial charge is 0.0490 e. The van der Waals surface area contributed by atoms with Crippen LogP contribution in [-0.4, -0.2) is 30.1 Å². The van der Waals surface area contributed by atoms with Crippen molar-refractivity contribution in [3.8, 4) is 0 Å². The van der Waals surface area contributed by atoms with Crippen LogP contribution in [0.3, 0.4) is 0 Å². The van der Waals surface area contributed by atoms with Crippen LogP contribution in [-0.2, 0) is 19.5 Å². The molecule has 0 fully saturated rings. The van der Waals surface area contributed by atoms with Gasteiger partial charge in [0.25, 0.3) is 0 Å². The highest BCUT2D eigenvalue weighted by molar-refractivity contribution is 5.88. The molecule has 1 aromatic heterocycles. The van der Waals surface area contributed by atoms with Crippen LogP contribution in [0.15, 0.2) is 30.9 Å². The molecule has 0 bridgehead atoms. The van der Waals surface area contributed by atoms with E-state index in [9.17, 15) is 0 Å². The summed E-state index contributed by atoms with van der Waals surface area (Å²) in [6.45, 7) is 6.98. The minimum Gasteiger partial charge on any atom is -0.388 e. The number of hydrogen-bond donors (Lipinski definition) is 1. The Labute approximate surface area is 114 Å². The molecule has 19 heavy (non-hydrogen) atoms. The van der Waals surface area contributed by atoms with Crippen molar-refractivity contribution in [1.29, 1.82) is 0 Å². The van der Waals surface area contributed by atoms with Crippen molar-refractivity contribution < 1.29 is 0 Å². The Morgan fingerprint density at radius 2 is 2.26 bits per heavy atom. The van der Waals surface area contributed by atoms with E-state index in [-0.39, 0.29) is 0 Å². The number of fused-ring (bicyclic) bond motifs is 3. The third-order valence-electron chi connectivity index (χ3n) is 4.05. The van der Waals surface area contributed by atoms with E-state index in [1.165, 1.54) is 27.8 Å². The van der Waals surface area contributed by atoms with Gasteiger partial charge in [0, 0.05) is 55.4 Å². The van der Waals surface area contributed by atoms with Gasteiger partial charge < -0.3 is 14.8 Å². The van der Waals surface area contributed by atoms with E-state index in [2.05, 4.69) is 46.6 Å². The van der Waals surface area contributed by atoms with Gasteiger partial charge in [0.1, 0.15) is 0 Å².